The highest BCUT2D eigenvalue weighted by Gasteiger charge is 2.10. The zero-order valence-electron chi connectivity index (χ0n) is 13.0. The van der Waals surface area contributed by atoms with Crippen LogP contribution in [0.5, 0.6) is 0 Å². The molecule has 0 spiro atoms. The lowest BCUT2D eigenvalue weighted by Crippen LogP contribution is -2.25. The van der Waals surface area contributed by atoms with Gasteiger partial charge in [0.25, 0.3) is 0 Å². The molecule has 0 unspecified atom stereocenters. The van der Waals surface area contributed by atoms with Crippen molar-refractivity contribution in [2.75, 3.05) is 12.3 Å². The maximum atomic E-state index is 11.9. The lowest BCUT2D eigenvalue weighted by molar-refractivity contribution is -0.121. The van der Waals surface area contributed by atoms with Crippen LogP contribution in [0.25, 0.3) is 11.4 Å². The van der Waals surface area contributed by atoms with Gasteiger partial charge in [-0.05, 0) is 23.6 Å². The maximum Gasteiger partial charge on any atom is 0.227 e. The Morgan fingerprint density at radius 3 is 2.92 bits per heavy atom. The number of carbonyl (C=O) groups is 1. The molecule has 3 aromatic rings. The average Bonchev–Trinajstić information content (AvgIpc) is 3.29. The normalized spacial score (nSPS) is 10.7. The van der Waals surface area contributed by atoms with Crippen LogP contribution in [0.1, 0.15) is 12.3 Å². The van der Waals surface area contributed by atoms with Crippen LogP contribution in [-0.2, 0) is 11.2 Å². The van der Waals surface area contributed by atoms with Gasteiger partial charge in [0.15, 0.2) is 0 Å². The molecule has 0 bridgehead atoms. The highest BCUT2D eigenvalue weighted by atomic mass is 32.2. The molecule has 1 N–H and O–H groups in total. The second-order valence-corrected chi connectivity index (χ2v) is 6.98. The van der Waals surface area contributed by atoms with Gasteiger partial charge in [-0.1, -0.05) is 23.4 Å². The summed E-state index contributed by atoms with van der Waals surface area (Å²) in [7, 11) is 0. The molecule has 2 heterocycles. The van der Waals surface area contributed by atoms with E-state index in [0.717, 1.165) is 11.3 Å². The van der Waals surface area contributed by atoms with Crippen molar-refractivity contribution in [3.05, 3.63) is 53.0 Å². The number of amides is 1. The first-order chi connectivity index (χ1) is 11.8. The van der Waals surface area contributed by atoms with Crippen molar-refractivity contribution in [2.45, 2.75) is 17.7 Å². The molecular formula is C17H17N3O2S2. The number of thiophene rings is 1. The van der Waals surface area contributed by atoms with Gasteiger partial charge < -0.3 is 9.84 Å². The lowest BCUT2D eigenvalue weighted by Gasteiger charge is -2.04. The summed E-state index contributed by atoms with van der Waals surface area (Å²) in [5.41, 5.74) is 0.942. The Labute approximate surface area is 148 Å². The van der Waals surface area contributed by atoms with Crippen molar-refractivity contribution in [3.8, 4) is 11.4 Å². The number of nitrogens with one attached hydrogen (secondary N) is 1. The molecular weight excluding hydrogens is 342 g/mol. The monoisotopic (exact) mass is 359 g/mol. The van der Waals surface area contributed by atoms with E-state index in [1.54, 1.807) is 23.1 Å². The Bertz CT molecular complexity index is 757. The Morgan fingerprint density at radius 1 is 1.25 bits per heavy atom. The SMILES string of the molecule is O=C(CCc1nc(-c2ccsc2)no1)NCCSc1ccccc1. The number of aryl methyl sites for hydroxylation is 1. The summed E-state index contributed by atoms with van der Waals surface area (Å²) in [5, 5.41) is 10.8. The van der Waals surface area contributed by atoms with Crippen LogP contribution in [-0.4, -0.2) is 28.3 Å². The second-order valence-electron chi connectivity index (χ2n) is 5.04. The van der Waals surface area contributed by atoms with E-state index in [9.17, 15) is 4.79 Å². The van der Waals surface area contributed by atoms with Gasteiger partial charge in [0.1, 0.15) is 0 Å². The fraction of sp³-hybridized carbons (Fsp3) is 0.235. The first-order valence-electron chi connectivity index (χ1n) is 7.61. The van der Waals surface area contributed by atoms with Crippen LogP contribution < -0.4 is 5.32 Å². The molecule has 1 aromatic carbocycles. The van der Waals surface area contributed by atoms with Crippen molar-refractivity contribution in [3.63, 3.8) is 0 Å². The molecule has 0 fully saturated rings. The van der Waals surface area contributed by atoms with Crippen molar-refractivity contribution in [2.24, 2.45) is 0 Å². The van der Waals surface area contributed by atoms with E-state index in [1.165, 1.54) is 4.90 Å². The Balaban J connectivity index is 1.35. The summed E-state index contributed by atoms with van der Waals surface area (Å²) in [4.78, 5) is 17.4. The standard InChI is InChI=1S/C17H17N3O2S2/c21-15(18-9-11-24-14-4-2-1-3-5-14)6-7-16-19-17(20-22-16)13-8-10-23-12-13/h1-5,8,10,12H,6-7,9,11H2,(H,18,21). The third-order valence-corrected chi connectivity index (χ3v) is 4.95. The maximum absolute atomic E-state index is 11.9. The zero-order valence-corrected chi connectivity index (χ0v) is 14.6. The molecule has 7 heteroatoms. The fourth-order valence-electron chi connectivity index (χ4n) is 2.05. The Kier molecular flexibility index (Phi) is 6.03. The van der Waals surface area contributed by atoms with E-state index in [4.69, 9.17) is 4.52 Å². The van der Waals surface area contributed by atoms with Crippen LogP contribution in [0.2, 0.25) is 0 Å². The number of hydrogen-bond acceptors (Lipinski definition) is 6. The fourth-order valence-corrected chi connectivity index (χ4v) is 3.47. The summed E-state index contributed by atoms with van der Waals surface area (Å²) in [6.45, 7) is 0.641. The molecule has 1 amide bonds. The number of aromatic nitrogens is 2. The first-order valence-corrected chi connectivity index (χ1v) is 9.54. The van der Waals surface area contributed by atoms with E-state index >= 15 is 0 Å². The number of hydrogen-bond donors (Lipinski definition) is 1. The minimum absolute atomic E-state index is 0.000977. The van der Waals surface area contributed by atoms with Crippen molar-refractivity contribution >= 4 is 29.0 Å². The van der Waals surface area contributed by atoms with Gasteiger partial charge in [0.2, 0.25) is 17.6 Å². The highest BCUT2D eigenvalue weighted by molar-refractivity contribution is 7.99. The van der Waals surface area contributed by atoms with Gasteiger partial charge >= 0.3 is 0 Å². The van der Waals surface area contributed by atoms with Crippen LogP contribution in [0.15, 0.2) is 56.6 Å². The van der Waals surface area contributed by atoms with Gasteiger partial charge in [0, 0.05) is 41.0 Å². The van der Waals surface area contributed by atoms with Crippen molar-refractivity contribution < 1.29 is 9.32 Å². The second kappa shape index (κ2) is 8.65. The molecule has 2 aromatic heterocycles. The van der Waals surface area contributed by atoms with Gasteiger partial charge in [0.05, 0.1) is 0 Å². The minimum Gasteiger partial charge on any atom is -0.355 e. The van der Waals surface area contributed by atoms with Crippen LogP contribution >= 0.6 is 23.1 Å². The van der Waals surface area contributed by atoms with Crippen molar-refractivity contribution in [1.82, 2.24) is 15.5 Å². The molecule has 0 aliphatic heterocycles. The van der Waals surface area contributed by atoms with E-state index in [-0.39, 0.29) is 5.91 Å². The topological polar surface area (TPSA) is 68.0 Å². The molecule has 124 valence electrons. The lowest BCUT2D eigenvalue weighted by atomic mass is 10.3. The third kappa shape index (κ3) is 4.94. The molecule has 5 nitrogen and oxygen atoms in total. The summed E-state index contributed by atoms with van der Waals surface area (Å²) < 4.78 is 5.18. The Morgan fingerprint density at radius 2 is 2.12 bits per heavy atom. The van der Waals surface area contributed by atoms with Gasteiger partial charge in [-0.15, -0.1) is 11.8 Å². The quantitative estimate of drug-likeness (QED) is 0.491. The largest absolute Gasteiger partial charge is 0.355 e. The number of thioether (sulfide) groups is 1. The highest BCUT2D eigenvalue weighted by Crippen LogP contribution is 2.19. The van der Waals surface area contributed by atoms with Crippen molar-refractivity contribution in [1.29, 1.82) is 0 Å². The summed E-state index contributed by atoms with van der Waals surface area (Å²) in [5.74, 6) is 1.91. The number of rotatable bonds is 8. The smallest absolute Gasteiger partial charge is 0.227 e. The van der Waals surface area contributed by atoms with Gasteiger partial charge in [-0.3, -0.25) is 4.79 Å². The first kappa shape index (κ1) is 16.7. The number of benzene rings is 1. The predicted molar refractivity (Wildman–Crippen MR) is 96.1 cm³/mol. The molecule has 24 heavy (non-hydrogen) atoms. The molecule has 0 aliphatic rings. The van der Waals surface area contributed by atoms with Crippen LogP contribution in [0.3, 0.4) is 0 Å². The minimum atomic E-state index is -0.000977. The number of nitrogens with zero attached hydrogens (tertiary/aromatic N) is 2. The Hall–Kier alpha value is -2.12. The van der Waals surface area contributed by atoms with E-state index in [2.05, 4.69) is 27.6 Å². The van der Waals surface area contributed by atoms with E-state index in [0.29, 0.717) is 31.1 Å². The molecule has 0 radical (unpaired) electrons. The number of carbonyl (C=O) groups excluding carboxylic acids is 1. The predicted octanol–water partition coefficient (Wildman–Crippen LogP) is 3.64. The van der Waals surface area contributed by atoms with E-state index in [1.807, 2.05) is 35.0 Å². The molecule has 3 rings (SSSR count). The van der Waals surface area contributed by atoms with Crippen LogP contribution in [0.4, 0.5) is 0 Å². The molecule has 0 aliphatic carbocycles. The van der Waals surface area contributed by atoms with Crippen LogP contribution in [0, 0.1) is 0 Å². The average molecular weight is 359 g/mol. The summed E-state index contributed by atoms with van der Waals surface area (Å²) >= 11 is 3.31. The zero-order chi connectivity index (χ0) is 16.6. The molecule has 0 saturated carbocycles. The summed E-state index contributed by atoms with van der Waals surface area (Å²) in [6, 6.07) is 12.1. The molecule has 0 atom stereocenters. The third-order valence-electron chi connectivity index (χ3n) is 3.25. The summed E-state index contributed by atoms with van der Waals surface area (Å²) in [6.07, 6.45) is 0.802. The van der Waals surface area contributed by atoms with Gasteiger partial charge in [-0.25, -0.2) is 0 Å². The van der Waals surface area contributed by atoms with E-state index < -0.39 is 0 Å². The molecule has 0 saturated heterocycles. The van der Waals surface area contributed by atoms with Gasteiger partial charge in [-0.2, -0.15) is 16.3 Å².